The third-order valence-corrected chi connectivity index (χ3v) is 5.42. The van der Waals surface area contributed by atoms with Crippen LogP contribution in [-0.2, 0) is 12.7 Å². The summed E-state index contributed by atoms with van der Waals surface area (Å²) < 4.78 is 17.4. The number of benzene rings is 1. The van der Waals surface area contributed by atoms with Gasteiger partial charge in [-0.1, -0.05) is 0 Å². The lowest BCUT2D eigenvalue weighted by Gasteiger charge is -2.19. The molecule has 0 N–H and O–H groups in total. The summed E-state index contributed by atoms with van der Waals surface area (Å²) in [6.07, 6.45) is 0.672. The molecule has 1 unspecified atom stereocenters. The van der Waals surface area contributed by atoms with Crippen molar-refractivity contribution in [3.05, 3.63) is 35.7 Å². The van der Waals surface area contributed by atoms with Crippen LogP contribution in [0.2, 0.25) is 0 Å². The number of halogens is 1. The normalized spacial score (nSPS) is 16.0. The first kappa shape index (κ1) is 21.6. The van der Waals surface area contributed by atoms with Gasteiger partial charge in [-0.15, -0.1) is 3.22 Å². The fourth-order valence-electron chi connectivity index (χ4n) is 4.00. The molecule has 1 aliphatic rings. The molecular formula is C21H23IN4O5. The zero-order chi connectivity index (χ0) is 22.1. The molecule has 0 saturated carbocycles. The van der Waals surface area contributed by atoms with Crippen molar-refractivity contribution in [2.45, 2.75) is 33.3 Å². The summed E-state index contributed by atoms with van der Waals surface area (Å²) in [4.78, 5) is 23.6. The SMILES string of the molecule is COc1ccc(-c2c(C)nc3c(N4CCC(OC(C)=O)C4)cc(C)nn23)cc1OOI. The van der Waals surface area contributed by atoms with Crippen molar-refractivity contribution in [3.8, 4) is 22.8 Å². The lowest BCUT2D eigenvalue weighted by molar-refractivity contribution is -0.145. The van der Waals surface area contributed by atoms with Crippen LogP contribution in [0.5, 0.6) is 11.5 Å². The Kier molecular flexibility index (Phi) is 6.19. The van der Waals surface area contributed by atoms with Crippen molar-refractivity contribution < 1.29 is 22.4 Å². The summed E-state index contributed by atoms with van der Waals surface area (Å²) in [6, 6.07) is 7.62. The molecule has 0 bridgehead atoms. The Balaban J connectivity index is 1.79. The molecule has 0 spiro atoms. The van der Waals surface area contributed by atoms with E-state index < -0.39 is 0 Å². The quantitative estimate of drug-likeness (QED) is 0.203. The number of imidazole rings is 1. The van der Waals surface area contributed by atoms with Crippen LogP contribution in [0.1, 0.15) is 24.7 Å². The number of hydrogen-bond donors (Lipinski definition) is 0. The number of anilines is 1. The van der Waals surface area contributed by atoms with Crippen molar-refractivity contribution >= 4 is 40.3 Å². The van der Waals surface area contributed by atoms with E-state index in [1.54, 1.807) is 30.1 Å². The maximum absolute atomic E-state index is 11.3. The van der Waals surface area contributed by atoms with E-state index in [0.29, 0.717) is 18.0 Å². The van der Waals surface area contributed by atoms with Gasteiger partial charge in [0.2, 0.25) is 5.75 Å². The third kappa shape index (κ3) is 4.26. The van der Waals surface area contributed by atoms with Gasteiger partial charge in [0.15, 0.2) is 34.4 Å². The Morgan fingerprint density at radius 1 is 1.23 bits per heavy atom. The number of aryl methyl sites for hydroxylation is 2. The number of esters is 1. The topological polar surface area (TPSA) is 87.4 Å². The molecule has 0 aliphatic carbocycles. The zero-order valence-electron chi connectivity index (χ0n) is 17.7. The van der Waals surface area contributed by atoms with E-state index in [0.717, 1.165) is 46.9 Å². The molecule has 10 heteroatoms. The number of aromatic nitrogens is 3. The number of carbonyl (C=O) groups excluding carboxylic acids is 1. The first-order valence-corrected chi connectivity index (χ1v) is 10.7. The zero-order valence-corrected chi connectivity index (χ0v) is 19.9. The fraction of sp³-hybridized carbons (Fsp3) is 0.381. The first-order valence-electron chi connectivity index (χ1n) is 9.84. The average molecular weight is 538 g/mol. The third-order valence-electron chi connectivity index (χ3n) is 5.24. The average Bonchev–Trinajstić information content (AvgIpc) is 3.30. The molecule has 2 aromatic heterocycles. The Morgan fingerprint density at radius 3 is 2.74 bits per heavy atom. The summed E-state index contributed by atoms with van der Waals surface area (Å²) in [6.45, 7) is 6.76. The number of nitrogens with zero attached hydrogens (tertiary/aromatic N) is 4. The molecule has 3 heterocycles. The highest BCUT2D eigenvalue weighted by Crippen LogP contribution is 2.36. The van der Waals surface area contributed by atoms with Gasteiger partial charge in [0.25, 0.3) is 0 Å². The van der Waals surface area contributed by atoms with E-state index in [9.17, 15) is 4.79 Å². The van der Waals surface area contributed by atoms with Crippen LogP contribution in [0.15, 0.2) is 24.3 Å². The van der Waals surface area contributed by atoms with Gasteiger partial charge in [-0.3, -0.25) is 4.79 Å². The highest BCUT2D eigenvalue weighted by atomic mass is 127. The second-order valence-corrected chi connectivity index (χ2v) is 7.79. The van der Waals surface area contributed by atoms with Crippen LogP contribution in [0.4, 0.5) is 5.69 Å². The molecule has 1 aromatic carbocycles. The number of fused-ring (bicyclic) bond motifs is 1. The molecule has 1 fully saturated rings. The van der Waals surface area contributed by atoms with Gasteiger partial charge in [-0.2, -0.15) is 5.10 Å². The maximum Gasteiger partial charge on any atom is 0.302 e. The molecule has 3 aromatic rings. The van der Waals surface area contributed by atoms with Gasteiger partial charge in [0.1, 0.15) is 6.10 Å². The van der Waals surface area contributed by atoms with Gasteiger partial charge >= 0.3 is 5.97 Å². The molecule has 0 radical (unpaired) electrons. The van der Waals surface area contributed by atoms with Crippen LogP contribution in [-0.4, -0.2) is 46.9 Å². The van der Waals surface area contributed by atoms with Crippen molar-refractivity contribution in [3.63, 3.8) is 0 Å². The van der Waals surface area contributed by atoms with Gasteiger partial charge < -0.3 is 19.3 Å². The monoisotopic (exact) mass is 538 g/mol. The number of rotatable bonds is 6. The molecule has 164 valence electrons. The van der Waals surface area contributed by atoms with Crippen molar-refractivity contribution in [1.29, 1.82) is 0 Å². The first-order chi connectivity index (χ1) is 14.9. The maximum atomic E-state index is 11.3. The van der Waals surface area contributed by atoms with Crippen molar-refractivity contribution in [2.24, 2.45) is 0 Å². The molecule has 0 amide bonds. The van der Waals surface area contributed by atoms with E-state index in [-0.39, 0.29) is 12.1 Å². The second-order valence-electron chi connectivity index (χ2n) is 7.43. The van der Waals surface area contributed by atoms with Gasteiger partial charge in [0.05, 0.1) is 36.4 Å². The minimum Gasteiger partial charge on any atom is -0.493 e. The van der Waals surface area contributed by atoms with Crippen LogP contribution in [0.3, 0.4) is 0 Å². The largest absolute Gasteiger partial charge is 0.493 e. The molecule has 9 nitrogen and oxygen atoms in total. The van der Waals surface area contributed by atoms with Gasteiger partial charge in [-0.05, 0) is 38.1 Å². The fourth-order valence-corrected chi connectivity index (χ4v) is 4.19. The van der Waals surface area contributed by atoms with Crippen LogP contribution >= 0.6 is 23.0 Å². The molecule has 1 aliphatic heterocycles. The number of methoxy groups -OCH3 is 1. The summed E-state index contributed by atoms with van der Waals surface area (Å²) in [7, 11) is 1.57. The second kappa shape index (κ2) is 8.87. The predicted molar refractivity (Wildman–Crippen MR) is 123 cm³/mol. The lowest BCUT2D eigenvalue weighted by Crippen LogP contribution is -2.25. The number of hydrogen-bond acceptors (Lipinski definition) is 8. The Bertz CT molecular complexity index is 1130. The number of ether oxygens (including phenoxy) is 2. The Morgan fingerprint density at radius 2 is 2.03 bits per heavy atom. The molecule has 1 atom stereocenters. The van der Waals surface area contributed by atoms with E-state index in [1.165, 1.54) is 6.92 Å². The van der Waals surface area contributed by atoms with Gasteiger partial charge in [-0.25, -0.2) is 9.50 Å². The lowest BCUT2D eigenvalue weighted by atomic mass is 10.1. The van der Waals surface area contributed by atoms with Crippen LogP contribution in [0, 0.1) is 13.8 Å². The standard InChI is InChI=1S/C21H23IN4O5/c1-12-9-17(25-8-7-16(11-25)29-14(3)27)21-23-13(2)20(26(21)24-12)15-5-6-18(28-4)19(10-15)30-31-22/h5-6,9-10,16H,7-8,11H2,1-4H3. The van der Waals surface area contributed by atoms with E-state index in [1.807, 2.05) is 42.6 Å². The molecule has 31 heavy (non-hydrogen) atoms. The molecule has 1 saturated heterocycles. The van der Waals surface area contributed by atoms with Crippen molar-refractivity contribution in [1.82, 2.24) is 14.6 Å². The minimum atomic E-state index is -0.255. The van der Waals surface area contributed by atoms with E-state index >= 15 is 0 Å². The van der Waals surface area contributed by atoms with Crippen LogP contribution in [0.25, 0.3) is 16.9 Å². The van der Waals surface area contributed by atoms with Crippen LogP contribution < -0.4 is 14.5 Å². The van der Waals surface area contributed by atoms with E-state index in [4.69, 9.17) is 27.7 Å². The molecular weight excluding hydrogens is 515 g/mol. The summed E-state index contributed by atoms with van der Waals surface area (Å²) in [5.74, 6) is 0.764. The van der Waals surface area contributed by atoms with E-state index in [2.05, 4.69) is 4.90 Å². The Hall–Kier alpha value is -2.60. The van der Waals surface area contributed by atoms with Crippen molar-refractivity contribution in [2.75, 3.05) is 25.1 Å². The predicted octanol–water partition coefficient (Wildman–Crippen LogP) is 3.82. The summed E-state index contributed by atoms with van der Waals surface area (Å²) in [5, 5.41) is 4.73. The summed E-state index contributed by atoms with van der Waals surface area (Å²) in [5.41, 5.74) is 5.15. The smallest absolute Gasteiger partial charge is 0.302 e. The summed E-state index contributed by atoms with van der Waals surface area (Å²) >= 11 is 1.66. The minimum absolute atomic E-state index is 0.115. The number of carbonyl (C=O) groups is 1. The molecule has 4 rings (SSSR count). The highest BCUT2D eigenvalue weighted by molar-refractivity contribution is 14.1. The van der Waals surface area contributed by atoms with Gasteiger partial charge in [0, 0.05) is 25.5 Å². The highest BCUT2D eigenvalue weighted by Gasteiger charge is 2.28. The Labute approximate surface area is 193 Å².